The molecule has 2 N–H and O–H groups in total. The number of nitrogens with one attached hydrogen (secondary N) is 1. The highest BCUT2D eigenvalue weighted by Crippen LogP contribution is 2.21. The van der Waals surface area contributed by atoms with Gasteiger partial charge in [0.2, 0.25) is 0 Å². The second kappa shape index (κ2) is 7.79. The van der Waals surface area contributed by atoms with Gasteiger partial charge in [-0.15, -0.1) is 0 Å². The number of para-hydroxylation sites is 1. The molecule has 0 radical (unpaired) electrons. The lowest BCUT2D eigenvalue weighted by atomic mass is 10.2. The Labute approximate surface area is 136 Å². The number of amides is 1. The first-order valence-electron chi connectivity index (χ1n) is 6.72. The number of phenolic OH excluding ortho intramolecular Hbond substituents is 1. The quantitative estimate of drug-likeness (QED) is 0.768. The summed E-state index contributed by atoms with van der Waals surface area (Å²) in [6.45, 7) is 0.644. The minimum absolute atomic E-state index is 0.0803. The molecule has 1 amide bonds. The number of hydrogen-bond acceptors (Lipinski definition) is 3. The summed E-state index contributed by atoms with van der Waals surface area (Å²) < 4.78 is 19.3. The maximum absolute atomic E-state index is 13.3. The molecule has 0 aliphatic carbocycles. The van der Waals surface area contributed by atoms with Crippen molar-refractivity contribution in [3.8, 4) is 11.5 Å². The average molecular weight is 368 g/mol. The Morgan fingerprint density at radius 3 is 2.82 bits per heavy atom. The van der Waals surface area contributed by atoms with E-state index < -0.39 is 5.82 Å². The van der Waals surface area contributed by atoms with E-state index >= 15 is 0 Å². The predicted octanol–water partition coefficient (Wildman–Crippen LogP) is 3.49. The van der Waals surface area contributed by atoms with E-state index in [2.05, 4.69) is 21.2 Å². The molecule has 116 valence electrons. The highest BCUT2D eigenvalue weighted by Gasteiger charge is 2.10. The Kier molecular flexibility index (Phi) is 5.77. The first-order chi connectivity index (χ1) is 10.6. The number of carbonyl (C=O) groups excluding carboxylic acids is 1. The summed E-state index contributed by atoms with van der Waals surface area (Å²) in [6.07, 6.45) is 0.523. The van der Waals surface area contributed by atoms with Crippen molar-refractivity contribution < 1.29 is 19.0 Å². The van der Waals surface area contributed by atoms with Gasteiger partial charge in [-0.1, -0.05) is 28.1 Å². The number of ether oxygens (including phenoxy) is 1. The second-order valence-electron chi connectivity index (χ2n) is 4.55. The number of phenols is 1. The van der Waals surface area contributed by atoms with Crippen molar-refractivity contribution in [2.24, 2.45) is 0 Å². The third-order valence-electron chi connectivity index (χ3n) is 2.90. The van der Waals surface area contributed by atoms with Crippen LogP contribution in [-0.2, 0) is 0 Å². The molecule has 0 saturated heterocycles. The van der Waals surface area contributed by atoms with Gasteiger partial charge in [0.25, 0.3) is 5.91 Å². The number of carbonyl (C=O) groups is 1. The smallest absolute Gasteiger partial charge is 0.255 e. The molecular weight excluding hydrogens is 353 g/mol. The molecule has 0 unspecified atom stereocenters. The van der Waals surface area contributed by atoms with Gasteiger partial charge >= 0.3 is 0 Å². The molecule has 0 saturated carbocycles. The summed E-state index contributed by atoms with van der Waals surface area (Å²) in [6, 6.07) is 10.8. The summed E-state index contributed by atoms with van der Waals surface area (Å²) >= 11 is 3.24. The summed E-state index contributed by atoms with van der Waals surface area (Å²) in [5.74, 6) is -0.669. The summed E-state index contributed by atoms with van der Waals surface area (Å²) in [7, 11) is 0. The first kappa shape index (κ1) is 16.3. The Bertz CT molecular complexity index is 664. The molecule has 0 heterocycles. The SMILES string of the molecule is O=C(NCCCOc1ccccc1F)c1cc(Br)ccc1O. The normalized spacial score (nSPS) is 10.3. The van der Waals surface area contributed by atoms with Crippen LogP contribution in [0.4, 0.5) is 4.39 Å². The van der Waals surface area contributed by atoms with E-state index in [0.29, 0.717) is 17.4 Å². The molecule has 0 spiro atoms. The third kappa shape index (κ3) is 4.46. The Morgan fingerprint density at radius 2 is 2.05 bits per heavy atom. The Hall–Kier alpha value is -2.08. The van der Waals surface area contributed by atoms with Crippen LogP contribution < -0.4 is 10.1 Å². The molecule has 2 rings (SSSR count). The molecule has 22 heavy (non-hydrogen) atoms. The summed E-state index contributed by atoms with van der Waals surface area (Å²) in [4.78, 5) is 11.9. The lowest BCUT2D eigenvalue weighted by Gasteiger charge is -2.09. The maximum atomic E-state index is 13.3. The molecule has 0 aliphatic rings. The van der Waals surface area contributed by atoms with E-state index in [-0.39, 0.29) is 29.6 Å². The number of benzene rings is 2. The van der Waals surface area contributed by atoms with Crippen LogP contribution in [0.1, 0.15) is 16.8 Å². The van der Waals surface area contributed by atoms with Crippen molar-refractivity contribution in [2.75, 3.05) is 13.2 Å². The van der Waals surface area contributed by atoms with Crippen LogP contribution in [0.15, 0.2) is 46.9 Å². The molecule has 4 nitrogen and oxygen atoms in total. The lowest BCUT2D eigenvalue weighted by Crippen LogP contribution is -2.25. The minimum atomic E-state index is -0.411. The van der Waals surface area contributed by atoms with E-state index in [9.17, 15) is 14.3 Å². The Balaban J connectivity index is 1.76. The van der Waals surface area contributed by atoms with Gasteiger partial charge < -0.3 is 15.2 Å². The largest absolute Gasteiger partial charge is 0.507 e. The van der Waals surface area contributed by atoms with Gasteiger partial charge in [0.05, 0.1) is 12.2 Å². The van der Waals surface area contributed by atoms with Gasteiger partial charge in [-0.2, -0.15) is 0 Å². The molecule has 2 aromatic rings. The number of hydrogen-bond donors (Lipinski definition) is 2. The van der Waals surface area contributed by atoms with Gasteiger partial charge in [0.1, 0.15) is 5.75 Å². The van der Waals surface area contributed by atoms with Gasteiger partial charge in [-0.25, -0.2) is 4.39 Å². The molecule has 0 atom stereocenters. The molecule has 0 bridgehead atoms. The summed E-state index contributed by atoms with van der Waals surface area (Å²) in [5, 5.41) is 12.3. The van der Waals surface area contributed by atoms with Gasteiger partial charge in [-0.05, 0) is 36.8 Å². The van der Waals surface area contributed by atoms with E-state index in [4.69, 9.17) is 4.74 Å². The van der Waals surface area contributed by atoms with Gasteiger partial charge in [-0.3, -0.25) is 4.79 Å². The van der Waals surface area contributed by atoms with Crippen LogP contribution in [0.2, 0.25) is 0 Å². The van der Waals surface area contributed by atoms with E-state index in [1.54, 1.807) is 30.3 Å². The van der Waals surface area contributed by atoms with Crippen molar-refractivity contribution in [1.29, 1.82) is 0 Å². The fraction of sp³-hybridized carbons (Fsp3) is 0.188. The van der Waals surface area contributed by atoms with Gasteiger partial charge in [0, 0.05) is 11.0 Å². The standard InChI is InChI=1S/C16H15BrFNO3/c17-11-6-7-14(20)12(10-11)16(21)19-8-3-9-22-15-5-2-1-4-13(15)18/h1-2,4-7,10,20H,3,8-9H2,(H,19,21). The third-order valence-corrected chi connectivity index (χ3v) is 3.40. The fourth-order valence-corrected chi connectivity index (χ4v) is 2.16. The van der Waals surface area contributed by atoms with Crippen molar-refractivity contribution >= 4 is 21.8 Å². The van der Waals surface area contributed by atoms with Crippen LogP contribution in [-0.4, -0.2) is 24.2 Å². The molecule has 0 fully saturated rings. The molecule has 6 heteroatoms. The number of aromatic hydroxyl groups is 1. The monoisotopic (exact) mass is 367 g/mol. The number of rotatable bonds is 6. The lowest BCUT2D eigenvalue weighted by molar-refractivity contribution is 0.0948. The highest BCUT2D eigenvalue weighted by atomic mass is 79.9. The molecule has 0 aliphatic heterocycles. The Morgan fingerprint density at radius 1 is 1.27 bits per heavy atom. The molecule has 0 aromatic heterocycles. The zero-order valence-electron chi connectivity index (χ0n) is 11.7. The zero-order valence-corrected chi connectivity index (χ0v) is 13.3. The van der Waals surface area contributed by atoms with Crippen LogP contribution >= 0.6 is 15.9 Å². The second-order valence-corrected chi connectivity index (χ2v) is 5.47. The van der Waals surface area contributed by atoms with E-state index in [1.165, 1.54) is 12.1 Å². The first-order valence-corrected chi connectivity index (χ1v) is 7.51. The molecule has 2 aromatic carbocycles. The van der Waals surface area contributed by atoms with Gasteiger partial charge in [0.15, 0.2) is 11.6 Å². The fourth-order valence-electron chi connectivity index (χ4n) is 1.80. The van der Waals surface area contributed by atoms with Crippen molar-refractivity contribution in [1.82, 2.24) is 5.32 Å². The van der Waals surface area contributed by atoms with E-state index in [0.717, 1.165) is 0 Å². The van der Waals surface area contributed by atoms with Crippen LogP contribution in [0.3, 0.4) is 0 Å². The zero-order chi connectivity index (χ0) is 15.9. The van der Waals surface area contributed by atoms with Crippen LogP contribution in [0.5, 0.6) is 11.5 Å². The maximum Gasteiger partial charge on any atom is 0.255 e. The highest BCUT2D eigenvalue weighted by molar-refractivity contribution is 9.10. The summed E-state index contributed by atoms with van der Waals surface area (Å²) in [5.41, 5.74) is 0.199. The minimum Gasteiger partial charge on any atom is -0.507 e. The van der Waals surface area contributed by atoms with Crippen LogP contribution in [0, 0.1) is 5.82 Å². The van der Waals surface area contributed by atoms with Crippen LogP contribution in [0.25, 0.3) is 0 Å². The molecular formula is C16H15BrFNO3. The van der Waals surface area contributed by atoms with Crippen molar-refractivity contribution in [3.63, 3.8) is 0 Å². The topological polar surface area (TPSA) is 58.6 Å². The van der Waals surface area contributed by atoms with Crippen molar-refractivity contribution in [2.45, 2.75) is 6.42 Å². The average Bonchev–Trinajstić information content (AvgIpc) is 2.51. The predicted molar refractivity (Wildman–Crippen MR) is 84.7 cm³/mol. The van der Waals surface area contributed by atoms with E-state index in [1.807, 2.05) is 0 Å². The van der Waals surface area contributed by atoms with Crippen molar-refractivity contribution in [3.05, 3.63) is 58.3 Å². The number of halogens is 2.